The monoisotopic (exact) mass is 284 g/mol. The number of fused-ring (bicyclic) bond motifs is 1. The summed E-state index contributed by atoms with van der Waals surface area (Å²) in [5.74, 6) is 0.892. The fraction of sp³-hybridized carbons (Fsp3) is 0.333. The van der Waals surface area contributed by atoms with Crippen molar-refractivity contribution in [2.75, 3.05) is 5.32 Å². The molecule has 20 heavy (non-hydrogen) atoms. The molecule has 0 spiro atoms. The van der Waals surface area contributed by atoms with Crippen molar-refractivity contribution in [2.24, 2.45) is 0 Å². The first-order valence-corrected chi connectivity index (χ1v) is 7.93. The van der Waals surface area contributed by atoms with Crippen molar-refractivity contribution >= 4 is 28.3 Å². The second kappa shape index (κ2) is 4.90. The first-order valence-electron chi connectivity index (χ1n) is 7.05. The zero-order valence-electron chi connectivity index (χ0n) is 11.1. The van der Waals surface area contributed by atoms with Crippen LogP contribution in [0.5, 0.6) is 0 Å². The fourth-order valence-corrected chi connectivity index (χ4v) is 3.48. The lowest BCUT2D eigenvalue weighted by molar-refractivity contribution is 0.747. The van der Waals surface area contributed by atoms with Gasteiger partial charge in [0.25, 0.3) is 0 Å². The van der Waals surface area contributed by atoms with Crippen LogP contribution >= 0.6 is 11.3 Å². The molecule has 0 saturated heterocycles. The molecule has 4 nitrogen and oxygen atoms in total. The van der Waals surface area contributed by atoms with E-state index in [0.717, 1.165) is 27.6 Å². The second-order valence-electron chi connectivity index (χ2n) is 5.28. The Morgan fingerprint density at radius 3 is 2.95 bits per heavy atom. The number of aromatic amines is 1. The largest absolute Gasteiger partial charge is 0.353 e. The number of rotatable bonds is 3. The van der Waals surface area contributed by atoms with Gasteiger partial charge in [-0.05, 0) is 31.0 Å². The van der Waals surface area contributed by atoms with Gasteiger partial charge in [0.2, 0.25) is 5.95 Å². The Hall–Kier alpha value is -1.88. The molecule has 1 aliphatic carbocycles. The molecule has 0 aliphatic heterocycles. The van der Waals surface area contributed by atoms with Gasteiger partial charge >= 0.3 is 0 Å². The molecular weight excluding hydrogens is 268 g/mol. The van der Waals surface area contributed by atoms with E-state index in [-0.39, 0.29) is 0 Å². The van der Waals surface area contributed by atoms with E-state index in [0.29, 0.717) is 6.04 Å². The Balaban J connectivity index is 1.65. The predicted molar refractivity (Wildman–Crippen MR) is 83.1 cm³/mol. The molecule has 102 valence electrons. The molecule has 2 heterocycles. The van der Waals surface area contributed by atoms with Gasteiger partial charge in [-0.15, -0.1) is 11.3 Å². The smallest absolute Gasteiger partial charge is 0.201 e. The molecule has 5 heteroatoms. The van der Waals surface area contributed by atoms with Gasteiger partial charge in [0, 0.05) is 23.2 Å². The van der Waals surface area contributed by atoms with Gasteiger partial charge in [0.05, 0.1) is 11.0 Å². The van der Waals surface area contributed by atoms with Crippen molar-refractivity contribution < 1.29 is 0 Å². The maximum atomic E-state index is 4.61. The summed E-state index contributed by atoms with van der Waals surface area (Å²) in [6, 6.07) is 6.85. The number of hydrogen-bond acceptors (Lipinski definition) is 4. The number of nitrogens with one attached hydrogen (secondary N) is 2. The minimum atomic E-state index is 0.578. The highest BCUT2D eigenvalue weighted by Crippen LogP contribution is 2.27. The summed E-state index contributed by atoms with van der Waals surface area (Å²) in [7, 11) is 0. The molecule has 3 aromatic rings. The Morgan fingerprint density at radius 1 is 1.25 bits per heavy atom. The number of imidazole rings is 1. The first kappa shape index (κ1) is 11.9. The van der Waals surface area contributed by atoms with Crippen LogP contribution in [0.15, 0.2) is 29.8 Å². The molecule has 1 saturated carbocycles. The van der Waals surface area contributed by atoms with Crippen LogP contribution in [-0.2, 0) is 0 Å². The molecule has 1 fully saturated rings. The molecule has 1 aliphatic rings. The van der Waals surface area contributed by atoms with Crippen molar-refractivity contribution in [1.29, 1.82) is 0 Å². The van der Waals surface area contributed by atoms with Gasteiger partial charge in [0.15, 0.2) is 0 Å². The summed E-state index contributed by atoms with van der Waals surface area (Å²) in [4.78, 5) is 12.3. The molecular formula is C15H16N4S. The van der Waals surface area contributed by atoms with Gasteiger partial charge in [-0.2, -0.15) is 0 Å². The van der Waals surface area contributed by atoms with Gasteiger partial charge in [0.1, 0.15) is 5.01 Å². The van der Waals surface area contributed by atoms with E-state index in [1.54, 1.807) is 11.3 Å². The van der Waals surface area contributed by atoms with E-state index in [1.807, 2.05) is 11.6 Å². The summed E-state index contributed by atoms with van der Waals surface area (Å²) >= 11 is 1.66. The van der Waals surface area contributed by atoms with Gasteiger partial charge < -0.3 is 10.3 Å². The Kier molecular flexibility index (Phi) is 2.92. The minimum Gasteiger partial charge on any atom is -0.353 e. The quantitative estimate of drug-likeness (QED) is 0.763. The number of nitrogens with zero attached hydrogens (tertiary/aromatic N) is 2. The normalized spacial score (nSPS) is 16.0. The van der Waals surface area contributed by atoms with E-state index in [1.165, 1.54) is 25.7 Å². The molecule has 2 aromatic heterocycles. The molecule has 0 bridgehead atoms. The van der Waals surface area contributed by atoms with Crippen LogP contribution in [0.1, 0.15) is 25.7 Å². The minimum absolute atomic E-state index is 0.578. The lowest BCUT2D eigenvalue weighted by atomic mass is 10.2. The van der Waals surface area contributed by atoms with Crippen LogP contribution in [0.2, 0.25) is 0 Å². The molecule has 4 rings (SSSR count). The lowest BCUT2D eigenvalue weighted by Crippen LogP contribution is -2.15. The summed E-state index contributed by atoms with van der Waals surface area (Å²) in [6.07, 6.45) is 6.99. The van der Waals surface area contributed by atoms with Crippen LogP contribution in [0.3, 0.4) is 0 Å². The van der Waals surface area contributed by atoms with Crippen LogP contribution in [-0.4, -0.2) is 21.0 Å². The van der Waals surface area contributed by atoms with Crippen LogP contribution in [0, 0.1) is 0 Å². The lowest BCUT2D eigenvalue weighted by Gasteiger charge is -2.09. The third kappa shape index (κ3) is 2.18. The summed E-state index contributed by atoms with van der Waals surface area (Å²) in [5.41, 5.74) is 3.22. The topological polar surface area (TPSA) is 53.6 Å². The Morgan fingerprint density at radius 2 is 2.15 bits per heavy atom. The fourth-order valence-electron chi connectivity index (χ4n) is 2.84. The summed E-state index contributed by atoms with van der Waals surface area (Å²) in [5, 5.41) is 6.55. The molecule has 0 atom stereocenters. The molecule has 2 N–H and O–H groups in total. The second-order valence-corrected chi connectivity index (χ2v) is 6.17. The number of benzene rings is 1. The van der Waals surface area contributed by atoms with Crippen molar-refractivity contribution in [1.82, 2.24) is 15.0 Å². The van der Waals surface area contributed by atoms with Crippen LogP contribution in [0.25, 0.3) is 21.6 Å². The van der Waals surface area contributed by atoms with Crippen LogP contribution in [0.4, 0.5) is 5.95 Å². The number of H-pyrrole nitrogens is 1. The third-order valence-electron chi connectivity index (χ3n) is 3.86. The predicted octanol–water partition coefficient (Wildman–Crippen LogP) is 4.04. The highest BCUT2D eigenvalue weighted by molar-refractivity contribution is 7.13. The third-order valence-corrected chi connectivity index (χ3v) is 4.68. The number of hydrogen-bond donors (Lipinski definition) is 2. The van der Waals surface area contributed by atoms with Crippen molar-refractivity contribution in [3.8, 4) is 10.6 Å². The maximum absolute atomic E-state index is 4.61. The highest BCUT2D eigenvalue weighted by Gasteiger charge is 2.16. The highest BCUT2D eigenvalue weighted by atomic mass is 32.1. The number of anilines is 1. The standard InChI is InChI=1S/C15H16N4S/c1-2-4-11(3-1)17-15-18-12-6-5-10(9-13(12)19-15)14-16-7-8-20-14/h5-9,11H,1-4H2,(H2,17,18,19). The van der Waals surface area contributed by atoms with Gasteiger partial charge in [-0.3, -0.25) is 0 Å². The Labute approximate surface area is 121 Å². The summed E-state index contributed by atoms with van der Waals surface area (Å²) in [6.45, 7) is 0. The Bertz CT molecular complexity index is 711. The zero-order valence-corrected chi connectivity index (χ0v) is 11.9. The van der Waals surface area contributed by atoms with Crippen LogP contribution < -0.4 is 5.32 Å². The van der Waals surface area contributed by atoms with E-state index in [9.17, 15) is 0 Å². The van der Waals surface area contributed by atoms with Gasteiger partial charge in [-0.1, -0.05) is 12.8 Å². The average Bonchev–Trinajstić information content (AvgIpc) is 3.19. The van der Waals surface area contributed by atoms with Crippen molar-refractivity contribution in [3.63, 3.8) is 0 Å². The molecule has 0 radical (unpaired) electrons. The molecule has 1 aromatic carbocycles. The zero-order chi connectivity index (χ0) is 13.4. The average molecular weight is 284 g/mol. The first-order chi connectivity index (χ1) is 9.88. The van der Waals surface area contributed by atoms with E-state index in [2.05, 4.69) is 38.5 Å². The van der Waals surface area contributed by atoms with Crippen molar-refractivity contribution in [3.05, 3.63) is 29.8 Å². The van der Waals surface area contributed by atoms with Crippen molar-refractivity contribution in [2.45, 2.75) is 31.7 Å². The van der Waals surface area contributed by atoms with Gasteiger partial charge in [-0.25, -0.2) is 9.97 Å². The SMILES string of the molecule is c1csc(-c2ccc3nc(NC4CCCC4)[nH]c3c2)n1. The van der Waals surface area contributed by atoms with E-state index >= 15 is 0 Å². The van der Waals surface area contributed by atoms with E-state index in [4.69, 9.17) is 0 Å². The number of aromatic nitrogens is 3. The molecule has 0 amide bonds. The van der Waals surface area contributed by atoms with E-state index < -0.39 is 0 Å². The maximum Gasteiger partial charge on any atom is 0.201 e. The summed E-state index contributed by atoms with van der Waals surface area (Å²) < 4.78 is 0. The number of thiazole rings is 1. The molecule has 0 unspecified atom stereocenters.